The lowest BCUT2D eigenvalue weighted by molar-refractivity contribution is 0.618. The number of alkyl halides is 1. The average molecular weight is 439 g/mol. The molecule has 94 valence electrons. The van der Waals surface area contributed by atoms with Gasteiger partial charge in [-0.05, 0) is 64.4 Å². The van der Waals surface area contributed by atoms with E-state index in [1.165, 1.54) is 6.07 Å². The summed E-state index contributed by atoms with van der Waals surface area (Å²) in [5.41, 5.74) is 2.73. The van der Waals surface area contributed by atoms with E-state index in [0.29, 0.717) is 5.56 Å². The van der Waals surface area contributed by atoms with Gasteiger partial charge >= 0.3 is 0 Å². The van der Waals surface area contributed by atoms with Crippen molar-refractivity contribution in [2.24, 2.45) is 0 Å². The summed E-state index contributed by atoms with van der Waals surface area (Å²) < 4.78 is 14.3. The van der Waals surface area contributed by atoms with Gasteiger partial charge in [0.05, 0.1) is 9.85 Å². The molecule has 0 aromatic heterocycles. The molecule has 2 aromatic rings. The highest BCUT2D eigenvalue weighted by Gasteiger charge is 2.12. The van der Waals surface area contributed by atoms with E-state index in [9.17, 15) is 4.39 Å². The van der Waals surface area contributed by atoms with Crippen molar-refractivity contribution >= 4 is 50.1 Å². The van der Waals surface area contributed by atoms with Crippen molar-refractivity contribution in [1.82, 2.24) is 0 Å². The van der Waals surface area contributed by atoms with Crippen LogP contribution in [0.4, 0.5) is 4.39 Å². The molecule has 0 aliphatic carbocycles. The third-order valence-electron chi connectivity index (χ3n) is 2.71. The molecule has 0 aliphatic rings. The molecule has 0 aliphatic heterocycles. The predicted molar refractivity (Wildman–Crippen MR) is 86.1 cm³/mol. The van der Waals surface area contributed by atoms with Crippen LogP contribution >= 0.6 is 50.1 Å². The van der Waals surface area contributed by atoms with Gasteiger partial charge in [-0.25, -0.2) is 4.39 Å². The van der Waals surface area contributed by atoms with Crippen LogP contribution in [0.2, 0.25) is 5.02 Å². The maximum Gasteiger partial charge on any atom is 0.126 e. The van der Waals surface area contributed by atoms with Crippen molar-refractivity contribution in [1.29, 1.82) is 0 Å². The van der Waals surface area contributed by atoms with Gasteiger partial charge in [0.2, 0.25) is 0 Å². The van der Waals surface area contributed by atoms with Crippen LogP contribution in [-0.4, -0.2) is 0 Å². The van der Waals surface area contributed by atoms with Crippen molar-refractivity contribution in [3.8, 4) is 0 Å². The molecule has 18 heavy (non-hydrogen) atoms. The molecule has 1 unspecified atom stereocenters. The summed E-state index contributed by atoms with van der Waals surface area (Å²) >= 11 is 11.9. The smallest absolute Gasteiger partial charge is 0.126 e. The highest BCUT2D eigenvalue weighted by atomic mass is 127. The van der Waals surface area contributed by atoms with Gasteiger partial charge in [0.25, 0.3) is 0 Å². The molecular formula is C14H10BrClFI. The number of benzene rings is 2. The Kier molecular flexibility index (Phi) is 4.67. The first-order valence-corrected chi connectivity index (χ1v) is 7.71. The van der Waals surface area contributed by atoms with E-state index in [1.54, 1.807) is 13.0 Å². The van der Waals surface area contributed by atoms with Gasteiger partial charge in [-0.15, -0.1) is 0 Å². The van der Waals surface area contributed by atoms with Crippen molar-refractivity contribution < 1.29 is 4.39 Å². The van der Waals surface area contributed by atoms with E-state index in [2.05, 4.69) is 38.5 Å². The molecule has 0 nitrogen and oxygen atoms in total. The Balaban J connectivity index is 2.37. The third kappa shape index (κ3) is 3.06. The minimum atomic E-state index is -0.181. The minimum absolute atomic E-state index is 0.0197. The summed E-state index contributed by atoms with van der Waals surface area (Å²) in [7, 11) is 0. The maximum absolute atomic E-state index is 13.2. The highest BCUT2D eigenvalue weighted by Crippen LogP contribution is 2.34. The molecular weight excluding hydrogens is 429 g/mol. The minimum Gasteiger partial charge on any atom is -0.207 e. The van der Waals surface area contributed by atoms with Crippen LogP contribution < -0.4 is 0 Å². The van der Waals surface area contributed by atoms with Gasteiger partial charge in [-0.2, -0.15) is 0 Å². The molecule has 0 saturated heterocycles. The van der Waals surface area contributed by atoms with E-state index in [0.717, 1.165) is 19.7 Å². The molecule has 2 aromatic carbocycles. The second kappa shape index (κ2) is 5.88. The topological polar surface area (TPSA) is 0 Å². The molecule has 0 amide bonds. The van der Waals surface area contributed by atoms with Gasteiger partial charge in [-0.3, -0.25) is 0 Å². The Morgan fingerprint density at radius 2 is 1.78 bits per heavy atom. The second-order valence-corrected chi connectivity index (χ2v) is 6.53. The third-order valence-corrected chi connectivity index (χ3v) is 5.34. The Hall–Kier alpha value is -0.130. The Labute approximate surface area is 133 Å². The molecule has 0 spiro atoms. The molecule has 0 heterocycles. The summed E-state index contributed by atoms with van der Waals surface area (Å²) in [4.78, 5) is 0.0197. The molecule has 0 fully saturated rings. The Morgan fingerprint density at radius 1 is 1.17 bits per heavy atom. The van der Waals surface area contributed by atoms with Gasteiger partial charge < -0.3 is 0 Å². The zero-order chi connectivity index (χ0) is 13.3. The first-order chi connectivity index (χ1) is 8.49. The lowest BCUT2D eigenvalue weighted by atomic mass is 10.0. The SMILES string of the molecule is Cc1cc(C(Br)c2ccc(I)c(Cl)c2)ccc1F. The van der Waals surface area contributed by atoms with E-state index >= 15 is 0 Å². The van der Waals surface area contributed by atoms with Crippen LogP contribution in [0.1, 0.15) is 21.5 Å². The summed E-state index contributed by atoms with van der Waals surface area (Å²) in [6.07, 6.45) is 0. The fraction of sp³-hybridized carbons (Fsp3) is 0.143. The monoisotopic (exact) mass is 438 g/mol. The molecule has 0 bridgehead atoms. The van der Waals surface area contributed by atoms with E-state index in [-0.39, 0.29) is 10.6 Å². The van der Waals surface area contributed by atoms with E-state index < -0.39 is 0 Å². The maximum atomic E-state index is 13.2. The highest BCUT2D eigenvalue weighted by molar-refractivity contribution is 14.1. The van der Waals surface area contributed by atoms with Crippen molar-refractivity contribution in [2.45, 2.75) is 11.8 Å². The summed E-state index contributed by atoms with van der Waals surface area (Å²) in [5, 5.41) is 0.733. The van der Waals surface area contributed by atoms with E-state index in [4.69, 9.17) is 11.6 Å². The zero-order valence-corrected chi connectivity index (χ0v) is 14.1. The fourth-order valence-electron chi connectivity index (χ4n) is 1.69. The molecule has 0 N–H and O–H groups in total. The quantitative estimate of drug-likeness (QED) is 0.405. The number of hydrogen-bond acceptors (Lipinski definition) is 0. The Morgan fingerprint density at radius 3 is 2.39 bits per heavy atom. The molecule has 4 heteroatoms. The fourth-order valence-corrected chi connectivity index (χ4v) is 2.78. The summed E-state index contributed by atoms with van der Waals surface area (Å²) in [5.74, 6) is -0.181. The number of rotatable bonds is 2. The van der Waals surface area contributed by atoms with Crippen LogP contribution in [0.15, 0.2) is 36.4 Å². The predicted octanol–water partition coefficient (Wildman–Crippen LogP) is 5.88. The van der Waals surface area contributed by atoms with Crippen LogP contribution in [-0.2, 0) is 0 Å². The lowest BCUT2D eigenvalue weighted by Crippen LogP contribution is -1.95. The molecule has 1 atom stereocenters. The van der Waals surface area contributed by atoms with Crippen molar-refractivity contribution in [2.75, 3.05) is 0 Å². The lowest BCUT2D eigenvalue weighted by Gasteiger charge is -2.12. The molecule has 0 radical (unpaired) electrons. The standard InChI is InChI=1S/C14H10BrClFI/c1-8-6-9(2-4-12(8)17)14(15)10-3-5-13(18)11(16)7-10/h2-7,14H,1H3. The van der Waals surface area contributed by atoms with Gasteiger partial charge in [-0.1, -0.05) is 45.7 Å². The van der Waals surface area contributed by atoms with Gasteiger partial charge in [0.15, 0.2) is 0 Å². The van der Waals surface area contributed by atoms with Gasteiger partial charge in [0.1, 0.15) is 5.82 Å². The summed E-state index contributed by atoms with van der Waals surface area (Å²) in [6, 6.07) is 11.1. The van der Waals surface area contributed by atoms with Crippen LogP contribution in [0.3, 0.4) is 0 Å². The zero-order valence-electron chi connectivity index (χ0n) is 9.55. The van der Waals surface area contributed by atoms with Crippen LogP contribution in [0.25, 0.3) is 0 Å². The Bertz CT molecular complexity index is 535. The number of halogens is 4. The molecule has 2 rings (SSSR count). The van der Waals surface area contributed by atoms with Crippen LogP contribution in [0, 0.1) is 16.3 Å². The number of hydrogen-bond donors (Lipinski definition) is 0. The van der Waals surface area contributed by atoms with Crippen molar-refractivity contribution in [3.05, 3.63) is 67.5 Å². The molecule has 0 saturated carbocycles. The number of aryl methyl sites for hydroxylation is 1. The van der Waals surface area contributed by atoms with Crippen LogP contribution in [0.5, 0.6) is 0 Å². The van der Waals surface area contributed by atoms with Gasteiger partial charge in [0, 0.05) is 3.57 Å². The summed E-state index contributed by atoms with van der Waals surface area (Å²) in [6.45, 7) is 1.76. The average Bonchev–Trinajstić information content (AvgIpc) is 2.35. The van der Waals surface area contributed by atoms with Crippen molar-refractivity contribution in [3.63, 3.8) is 0 Å². The first-order valence-electron chi connectivity index (χ1n) is 5.34. The largest absolute Gasteiger partial charge is 0.207 e. The normalized spacial score (nSPS) is 12.5. The van der Waals surface area contributed by atoms with E-state index in [1.807, 2.05) is 24.3 Å². The first kappa shape index (κ1) is 14.3. The second-order valence-electron chi connectivity index (χ2n) is 4.04.